The van der Waals surface area contributed by atoms with Crippen molar-refractivity contribution in [2.24, 2.45) is 0 Å². The molecule has 2 aliphatic rings. The number of nitrogens with one attached hydrogen (secondary N) is 1. The molecule has 0 radical (unpaired) electrons. The van der Waals surface area contributed by atoms with E-state index in [-0.39, 0.29) is 36.9 Å². The van der Waals surface area contributed by atoms with Gasteiger partial charge in [-0.05, 0) is 54.7 Å². The van der Waals surface area contributed by atoms with Gasteiger partial charge in [-0.2, -0.15) is 13.2 Å². The molecule has 2 aromatic rings. The lowest BCUT2D eigenvalue weighted by Crippen LogP contribution is -2.36. The largest absolute Gasteiger partial charge is 0.493 e. The lowest BCUT2D eigenvalue weighted by molar-refractivity contribution is -0.141. The summed E-state index contributed by atoms with van der Waals surface area (Å²) in [7, 11) is 4.55. The summed E-state index contributed by atoms with van der Waals surface area (Å²) in [6, 6.07) is 10.0. The summed E-state index contributed by atoms with van der Waals surface area (Å²) in [6.45, 7) is 1.86. The maximum absolute atomic E-state index is 13.7. The maximum Gasteiger partial charge on any atom is 0.416 e. The van der Waals surface area contributed by atoms with Crippen molar-refractivity contribution >= 4 is 11.8 Å². The lowest BCUT2D eigenvalue weighted by Gasteiger charge is -2.37. The quantitative estimate of drug-likeness (QED) is 0.357. The summed E-state index contributed by atoms with van der Waals surface area (Å²) in [6.07, 6.45) is -3.91. The number of carbonyl (C=O) groups excluding carboxylic acids is 2. The van der Waals surface area contributed by atoms with Crippen molar-refractivity contribution in [3.63, 3.8) is 0 Å². The smallest absolute Gasteiger partial charge is 0.416 e. The summed E-state index contributed by atoms with van der Waals surface area (Å²) >= 11 is 0. The topological polar surface area (TPSA) is 83.1 Å². The van der Waals surface area contributed by atoms with Gasteiger partial charge in [0.05, 0.1) is 32.0 Å². The summed E-state index contributed by atoms with van der Waals surface area (Å²) in [5.41, 5.74) is 2.10. The fourth-order valence-electron chi connectivity index (χ4n) is 5.15. The Hall–Kier alpha value is -3.79. The number of alkyl halides is 3. The van der Waals surface area contributed by atoms with E-state index in [4.69, 9.17) is 18.9 Å². The van der Waals surface area contributed by atoms with Crippen LogP contribution in [0.5, 0.6) is 11.5 Å². The Labute approximate surface area is 224 Å². The predicted molar refractivity (Wildman–Crippen MR) is 136 cm³/mol. The third-order valence-electron chi connectivity index (χ3n) is 7.02. The van der Waals surface area contributed by atoms with Gasteiger partial charge in [-0.1, -0.05) is 18.2 Å². The first kappa shape index (κ1) is 28.2. The monoisotopic (exact) mass is 545 g/mol. The molecule has 1 aliphatic carbocycles. The first-order valence-corrected chi connectivity index (χ1v) is 12.4. The molecule has 1 aliphatic heterocycles. The fourth-order valence-corrected chi connectivity index (χ4v) is 5.15. The van der Waals surface area contributed by atoms with Gasteiger partial charge in [-0.3, -0.25) is 4.79 Å². The Kier molecular flexibility index (Phi) is 8.34. The highest BCUT2D eigenvalue weighted by molar-refractivity contribution is 6.04. The molecule has 7 nitrogen and oxygen atoms in total. The molecular formula is C29H30F3NO6. The van der Waals surface area contributed by atoms with Gasteiger partial charge in [0, 0.05) is 36.4 Å². The number of dihydropyridines is 1. The van der Waals surface area contributed by atoms with Crippen LogP contribution in [-0.2, 0) is 25.2 Å². The second-order valence-electron chi connectivity index (χ2n) is 9.38. The van der Waals surface area contributed by atoms with Crippen molar-refractivity contribution in [1.82, 2.24) is 5.32 Å². The number of carbonyl (C=O) groups is 2. The zero-order valence-electron chi connectivity index (χ0n) is 22.1. The molecule has 0 spiro atoms. The number of hydrogen-bond donors (Lipinski definition) is 1. The number of Topliss-reactive ketones (excluding diaryl/α,β-unsaturated/α-hetero) is 1. The van der Waals surface area contributed by atoms with Crippen molar-refractivity contribution in [3.05, 3.63) is 81.7 Å². The molecule has 39 heavy (non-hydrogen) atoms. The van der Waals surface area contributed by atoms with Crippen LogP contribution in [-0.4, -0.2) is 46.3 Å². The van der Waals surface area contributed by atoms with Gasteiger partial charge in [-0.15, -0.1) is 0 Å². The van der Waals surface area contributed by atoms with Crippen molar-refractivity contribution in [2.75, 3.05) is 34.5 Å². The van der Waals surface area contributed by atoms with Crippen LogP contribution in [0, 0.1) is 0 Å². The average Bonchev–Trinajstić information content (AvgIpc) is 2.91. The second kappa shape index (κ2) is 11.5. The highest BCUT2D eigenvalue weighted by Crippen LogP contribution is 2.47. The van der Waals surface area contributed by atoms with E-state index < -0.39 is 23.6 Å². The van der Waals surface area contributed by atoms with Crippen LogP contribution < -0.4 is 14.8 Å². The molecule has 0 aromatic heterocycles. The minimum Gasteiger partial charge on any atom is -0.493 e. The van der Waals surface area contributed by atoms with E-state index in [9.17, 15) is 22.8 Å². The van der Waals surface area contributed by atoms with E-state index in [1.54, 1.807) is 20.1 Å². The van der Waals surface area contributed by atoms with E-state index in [1.165, 1.54) is 26.4 Å². The van der Waals surface area contributed by atoms with Crippen LogP contribution in [0.4, 0.5) is 13.2 Å². The van der Waals surface area contributed by atoms with Crippen LogP contribution in [0.15, 0.2) is 65.0 Å². The number of rotatable bonds is 8. The maximum atomic E-state index is 13.7. The summed E-state index contributed by atoms with van der Waals surface area (Å²) < 4.78 is 60.8. The van der Waals surface area contributed by atoms with Gasteiger partial charge >= 0.3 is 12.1 Å². The Balaban J connectivity index is 1.75. The first-order chi connectivity index (χ1) is 18.6. The molecule has 2 atom stereocenters. The van der Waals surface area contributed by atoms with Crippen LogP contribution in [0.25, 0.3) is 0 Å². The number of hydrogen-bond acceptors (Lipinski definition) is 7. The van der Waals surface area contributed by atoms with Crippen molar-refractivity contribution in [2.45, 2.75) is 37.8 Å². The normalized spacial score (nSPS) is 19.4. The number of ketones is 1. The Morgan fingerprint density at radius 2 is 1.62 bits per heavy atom. The number of ether oxygens (including phenoxy) is 4. The van der Waals surface area contributed by atoms with Gasteiger partial charge in [0.1, 0.15) is 6.61 Å². The Morgan fingerprint density at radius 3 is 2.23 bits per heavy atom. The highest BCUT2D eigenvalue weighted by atomic mass is 19.4. The fraction of sp³-hybridized carbons (Fsp3) is 0.379. The Morgan fingerprint density at radius 1 is 0.949 bits per heavy atom. The van der Waals surface area contributed by atoms with Gasteiger partial charge in [-0.25, -0.2) is 4.79 Å². The van der Waals surface area contributed by atoms with Crippen LogP contribution in [0.3, 0.4) is 0 Å². The molecule has 10 heteroatoms. The molecule has 208 valence electrons. The Bertz CT molecular complexity index is 1310. The standard InChI is InChI=1S/C29H30F3NO6/c1-16-25(28(35)39-12-11-36-2)26(17-5-8-20(9-6-17)29(30,31)32)27-21(33-16)13-19(14-22(27)34)18-7-10-23(37-3)24(15-18)38-4/h5-10,15,19,26,33H,11-14H2,1-4H3/t19-,26-/m1/s1. The van der Waals surface area contributed by atoms with Crippen LogP contribution >= 0.6 is 0 Å². The number of esters is 1. The van der Waals surface area contributed by atoms with E-state index >= 15 is 0 Å². The molecule has 0 saturated carbocycles. The first-order valence-electron chi connectivity index (χ1n) is 12.4. The highest BCUT2D eigenvalue weighted by Gasteiger charge is 2.42. The SMILES string of the molecule is COCCOC(=O)C1=C(C)NC2=C(C(=O)C[C@H](c3ccc(OC)c(OC)c3)C2)[C@@H]1c1ccc(C(F)(F)F)cc1. The number of benzene rings is 2. The molecule has 4 rings (SSSR count). The lowest BCUT2D eigenvalue weighted by atomic mass is 9.71. The third-order valence-corrected chi connectivity index (χ3v) is 7.02. The zero-order valence-corrected chi connectivity index (χ0v) is 22.1. The number of halogens is 3. The van der Waals surface area contributed by atoms with Crippen molar-refractivity contribution in [1.29, 1.82) is 0 Å². The van der Waals surface area contributed by atoms with E-state index in [0.717, 1.165) is 17.7 Å². The molecule has 2 aromatic carbocycles. The predicted octanol–water partition coefficient (Wildman–Crippen LogP) is 5.27. The van der Waals surface area contributed by atoms with E-state index in [1.807, 2.05) is 12.1 Å². The third kappa shape index (κ3) is 5.80. The van der Waals surface area contributed by atoms with Crippen molar-refractivity contribution in [3.8, 4) is 11.5 Å². The van der Waals surface area contributed by atoms with Crippen LogP contribution in [0.1, 0.15) is 48.3 Å². The summed E-state index contributed by atoms with van der Waals surface area (Å²) in [5, 5.41) is 3.23. The molecule has 0 fully saturated rings. The second-order valence-corrected chi connectivity index (χ2v) is 9.38. The minimum atomic E-state index is -4.52. The van der Waals surface area contributed by atoms with Gasteiger partial charge in [0.25, 0.3) is 0 Å². The van der Waals surface area contributed by atoms with Crippen LogP contribution in [0.2, 0.25) is 0 Å². The van der Waals surface area contributed by atoms with E-state index in [2.05, 4.69) is 5.32 Å². The molecular weight excluding hydrogens is 515 g/mol. The molecule has 0 amide bonds. The minimum absolute atomic E-state index is 0.00687. The summed E-state index contributed by atoms with van der Waals surface area (Å²) in [5.74, 6) is -0.820. The van der Waals surface area contributed by atoms with Gasteiger partial charge < -0.3 is 24.3 Å². The van der Waals surface area contributed by atoms with Gasteiger partial charge in [0.2, 0.25) is 0 Å². The van der Waals surface area contributed by atoms with Gasteiger partial charge in [0.15, 0.2) is 17.3 Å². The summed E-state index contributed by atoms with van der Waals surface area (Å²) in [4.78, 5) is 26.9. The molecule has 1 N–H and O–H groups in total. The number of methoxy groups -OCH3 is 3. The molecule has 1 heterocycles. The van der Waals surface area contributed by atoms with Crippen molar-refractivity contribution < 1.29 is 41.7 Å². The zero-order chi connectivity index (χ0) is 28.3. The molecule has 0 saturated heterocycles. The molecule has 0 bridgehead atoms. The molecule has 0 unspecified atom stereocenters. The van der Waals surface area contributed by atoms with E-state index in [0.29, 0.717) is 40.5 Å². The number of allylic oxidation sites excluding steroid dienone is 3. The average molecular weight is 546 g/mol.